The Balaban J connectivity index is 2.55. The quantitative estimate of drug-likeness (QED) is 0.681. The van der Waals surface area contributed by atoms with Gasteiger partial charge in [-0.25, -0.2) is 4.57 Å². The van der Waals surface area contributed by atoms with E-state index in [4.69, 9.17) is 4.52 Å². The van der Waals surface area contributed by atoms with E-state index >= 15 is 0 Å². The van der Waals surface area contributed by atoms with Gasteiger partial charge in [0.15, 0.2) is 0 Å². The average Bonchev–Trinajstić information content (AvgIpc) is 2.18. The smallest absolute Gasteiger partial charge is 0.349 e. The minimum Gasteiger partial charge on any atom is -0.349 e. The summed E-state index contributed by atoms with van der Waals surface area (Å²) in [6.45, 7) is 0. The highest BCUT2D eigenvalue weighted by Crippen LogP contribution is 2.14. The van der Waals surface area contributed by atoms with E-state index in [1.807, 2.05) is 24.3 Å². The van der Waals surface area contributed by atoms with E-state index in [0.29, 0.717) is 5.88 Å². The molecule has 1 N–H and O–H groups in total. The molecule has 0 amide bonds. The monoisotopic (exact) mass is 193 g/mol. The maximum absolute atomic E-state index is 10.1. The molecule has 2 aromatic rings. The van der Waals surface area contributed by atoms with Crippen molar-refractivity contribution in [3.05, 3.63) is 30.3 Å². The molecule has 5 heteroatoms. The summed E-state index contributed by atoms with van der Waals surface area (Å²) in [7, 11) is -0.386. The number of aromatic amines is 1. The van der Waals surface area contributed by atoms with E-state index in [1.54, 1.807) is 6.07 Å². The topological polar surface area (TPSA) is 53.3 Å². The summed E-state index contributed by atoms with van der Waals surface area (Å²) in [5.41, 5.74) is 0.845. The van der Waals surface area contributed by atoms with Crippen LogP contribution in [0.5, 0.6) is 5.88 Å². The van der Waals surface area contributed by atoms with Gasteiger partial charge < -0.3 is 4.52 Å². The second-order valence-electron chi connectivity index (χ2n) is 2.46. The normalized spacial score (nSPS) is 10.5. The maximum Gasteiger partial charge on any atom is 0.402 e. The molecule has 0 aliphatic heterocycles. The summed E-state index contributed by atoms with van der Waals surface area (Å²) >= 11 is 0. The first-order valence-electron chi connectivity index (χ1n) is 3.67. The lowest BCUT2D eigenvalue weighted by Crippen LogP contribution is -2.09. The highest BCUT2D eigenvalue weighted by atomic mass is 31.1. The molecule has 0 fully saturated rings. The highest BCUT2D eigenvalue weighted by Gasteiger charge is 2.05. The molecule has 0 saturated carbocycles. The van der Waals surface area contributed by atoms with Crippen LogP contribution in [-0.2, 0) is 4.57 Å². The van der Waals surface area contributed by atoms with Gasteiger partial charge in [0.2, 0.25) is 0 Å². The van der Waals surface area contributed by atoms with Crippen molar-refractivity contribution in [2.45, 2.75) is 0 Å². The van der Waals surface area contributed by atoms with Crippen LogP contribution in [0, 0.1) is 0 Å². The molecule has 1 heterocycles. The molecule has 0 bridgehead atoms. The zero-order valence-electron chi connectivity index (χ0n) is 6.60. The van der Waals surface area contributed by atoms with Crippen molar-refractivity contribution < 1.29 is 14.2 Å². The van der Waals surface area contributed by atoms with Crippen molar-refractivity contribution in [2.24, 2.45) is 0 Å². The molecule has 1 aromatic carbocycles. The van der Waals surface area contributed by atoms with Gasteiger partial charge in [-0.05, 0) is 6.07 Å². The Morgan fingerprint density at radius 1 is 1.38 bits per heavy atom. The number of nitrogens with one attached hydrogen (secondary N) is 1. The van der Waals surface area contributed by atoms with Crippen molar-refractivity contribution in [3.8, 4) is 5.88 Å². The second kappa shape index (κ2) is 3.46. The van der Waals surface area contributed by atoms with Crippen LogP contribution in [0.15, 0.2) is 30.3 Å². The van der Waals surface area contributed by atoms with Crippen LogP contribution >= 0.6 is 8.69 Å². The van der Waals surface area contributed by atoms with Gasteiger partial charge in [-0.3, -0.25) is 0 Å². The van der Waals surface area contributed by atoms with E-state index in [9.17, 15) is 4.57 Å². The van der Waals surface area contributed by atoms with Crippen molar-refractivity contribution >= 4 is 19.6 Å². The zero-order valence-corrected chi connectivity index (χ0v) is 7.49. The van der Waals surface area contributed by atoms with Gasteiger partial charge in [-0.2, -0.15) is 0 Å². The number of para-hydroxylation sites is 1. The van der Waals surface area contributed by atoms with Gasteiger partial charge in [0.1, 0.15) is 5.52 Å². The number of hydrogen-bond donors (Lipinski definition) is 0. The molecule has 0 spiro atoms. The molecule has 0 aliphatic rings. The molecule has 2 rings (SSSR count). The van der Waals surface area contributed by atoms with Gasteiger partial charge in [0.25, 0.3) is 0 Å². The fourth-order valence-electron chi connectivity index (χ4n) is 1.09. The van der Waals surface area contributed by atoms with Crippen LogP contribution in [0.4, 0.5) is 0 Å². The number of rotatable bonds is 2. The van der Waals surface area contributed by atoms with Crippen LogP contribution in [0.25, 0.3) is 10.9 Å². The Kier molecular flexibility index (Phi) is 2.15. The third-order valence-corrected chi connectivity index (χ3v) is 1.92. The Morgan fingerprint density at radius 2 is 2.23 bits per heavy atom. The van der Waals surface area contributed by atoms with Crippen molar-refractivity contribution in [1.82, 2.24) is 5.10 Å². The highest BCUT2D eigenvalue weighted by molar-refractivity contribution is 7.17. The number of benzene rings is 1. The van der Waals surface area contributed by atoms with E-state index < -0.39 is 0 Å². The van der Waals surface area contributed by atoms with Gasteiger partial charge in [0, 0.05) is 10.5 Å². The first-order chi connectivity index (χ1) is 6.40. The predicted molar refractivity (Wildman–Crippen MR) is 46.5 cm³/mol. The molecular formula is C8H6N2O2P+. The van der Waals surface area contributed by atoms with Crippen LogP contribution in [0.2, 0.25) is 0 Å². The fourth-order valence-corrected chi connectivity index (χ4v) is 1.26. The van der Waals surface area contributed by atoms with E-state index in [0.717, 1.165) is 10.9 Å². The molecule has 64 valence electrons. The number of aromatic nitrogens is 2. The first kappa shape index (κ1) is 8.08. The molecule has 13 heavy (non-hydrogen) atoms. The van der Waals surface area contributed by atoms with Crippen LogP contribution < -0.4 is 9.62 Å². The van der Waals surface area contributed by atoms with Crippen LogP contribution in [-0.4, -0.2) is 5.10 Å². The second-order valence-corrected chi connectivity index (χ2v) is 2.79. The lowest BCUT2D eigenvalue weighted by Gasteiger charge is -1.91. The molecule has 0 aliphatic carbocycles. The minimum atomic E-state index is -0.386. The Morgan fingerprint density at radius 3 is 3.08 bits per heavy atom. The average molecular weight is 193 g/mol. The van der Waals surface area contributed by atoms with E-state index in [2.05, 4.69) is 10.2 Å². The van der Waals surface area contributed by atoms with Crippen LogP contribution in [0.1, 0.15) is 0 Å². The van der Waals surface area contributed by atoms with Crippen molar-refractivity contribution in [3.63, 3.8) is 0 Å². The summed E-state index contributed by atoms with van der Waals surface area (Å²) in [6, 6.07) is 9.33. The Hall–Kier alpha value is -1.54. The summed E-state index contributed by atoms with van der Waals surface area (Å²) < 4.78 is 14.9. The van der Waals surface area contributed by atoms with E-state index in [1.165, 1.54) is 0 Å². The standard InChI is InChI=1S/C8H5N2O2P/c11-13-12-8-5-6-3-1-2-4-7(6)9-10-8/h1-5H/p+1. The molecular weight excluding hydrogens is 187 g/mol. The zero-order chi connectivity index (χ0) is 9.10. The molecule has 4 nitrogen and oxygen atoms in total. The van der Waals surface area contributed by atoms with Gasteiger partial charge in [-0.15, -0.1) is 0 Å². The summed E-state index contributed by atoms with van der Waals surface area (Å²) in [5, 5.41) is 7.58. The van der Waals surface area contributed by atoms with Crippen LogP contribution in [0.3, 0.4) is 0 Å². The lowest BCUT2D eigenvalue weighted by atomic mass is 10.2. The molecule has 1 aromatic heterocycles. The SMILES string of the molecule is O=POc1cc2ccccc2n[nH+]1. The van der Waals surface area contributed by atoms with E-state index in [-0.39, 0.29) is 8.69 Å². The number of fused-ring (bicyclic) bond motifs is 1. The van der Waals surface area contributed by atoms with Gasteiger partial charge in [0.05, 0.1) is 6.07 Å². The largest absolute Gasteiger partial charge is 0.402 e. The summed E-state index contributed by atoms with van der Waals surface area (Å²) in [5.74, 6) is 0.385. The number of nitrogens with zero attached hydrogens (tertiary/aromatic N) is 1. The van der Waals surface area contributed by atoms with Gasteiger partial charge >= 0.3 is 14.6 Å². The van der Waals surface area contributed by atoms with Crippen molar-refractivity contribution in [1.29, 1.82) is 0 Å². The number of hydrogen-bond acceptors (Lipinski definition) is 3. The molecule has 0 radical (unpaired) electrons. The third kappa shape index (κ3) is 1.63. The lowest BCUT2D eigenvalue weighted by molar-refractivity contribution is -0.458. The maximum atomic E-state index is 10.1. The van der Waals surface area contributed by atoms with Gasteiger partial charge in [-0.1, -0.05) is 23.3 Å². The molecule has 0 atom stereocenters. The fraction of sp³-hybridized carbons (Fsp3) is 0. The third-order valence-electron chi connectivity index (χ3n) is 1.65. The Bertz CT molecular complexity index is 447. The summed E-state index contributed by atoms with van der Waals surface area (Å²) in [6.07, 6.45) is 0. The minimum absolute atomic E-state index is 0.385. The molecule has 0 saturated heterocycles. The van der Waals surface area contributed by atoms with Crippen molar-refractivity contribution in [2.75, 3.05) is 0 Å². The summed E-state index contributed by atoms with van der Waals surface area (Å²) in [4.78, 5) is 0. The first-order valence-corrected chi connectivity index (χ1v) is 4.40. The predicted octanol–water partition coefficient (Wildman–Crippen LogP) is 1.63. The number of H-pyrrole nitrogens is 1. The molecule has 0 unspecified atom stereocenters. The Labute approximate surface area is 75.8 Å².